The van der Waals surface area contributed by atoms with Gasteiger partial charge in [0.25, 0.3) is 0 Å². The molecule has 0 aromatic heterocycles. The number of benzene rings is 2. The average Bonchev–Trinajstić information content (AvgIpc) is 2.62. The third kappa shape index (κ3) is 4.87. The highest BCUT2D eigenvalue weighted by Crippen LogP contribution is 2.21. The van der Waals surface area contributed by atoms with Crippen molar-refractivity contribution in [3.8, 4) is 0 Å². The van der Waals surface area contributed by atoms with Crippen LogP contribution in [0.2, 0.25) is 5.02 Å². The first kappa shape index (κ1) is 18.9. The number of carbonyl (C=O) groups excluding carboxylic acids is 1. The number of piperazine rings is 1. The molecule has 0 saturated carbocycles. The minimum atomic E-state index is 0.234. The quantitative estimate of drug-likeness (QED) is 0.785. The summed E-state index contributed by atoms with van der Waals surface area (Å²) < 4.78 is 0. The van der Waals surface area contributed by atoms with Gasteiger partial charge in [0.2, 0.25) is 5.91 Å². The van der Waals surface area contributed by atoms with Crippen molar-refractivity contribution in [2.24, 2.45) is 5.92 Å². The molecule has 1 aliphatic rings. The van der Waals surface area contributed by atoms with Gasteiger partial charge in [0.05, 0.1) is 6.42 Å². The van der Waals surface area contributed by atoms with Crippen molar-refractivity contribution in [1.82, 2.24) is 9.80 Å². The van der Waals surface area contributed by atoms with Crippen LogP contribution in [-0.2, 0) is 17.8 Å². The maximum absolute atomic E-state index is 12.9. The van der Waals surface area contributed by atoms with Crippen LogP contribution in [0.15, 0.2) is 54.6 Å². The summed E-state index contributed by atoms with van der Waals surface area (Å²) >= 11 is 6.11. The van der Waals surface area contributed by atoms with Gasteiger partial charge in [-0.3, -0.25) is 9.69 Å². The Morgan fingerprint density at radius 2 is 1.81 bits per heavy atom. The number of rotatable bonds is 5. The Hall–Kier alpha value is -1.84. The van der Waals surface area contributed by atoms with Crippen LogP contribution in [0, 0.1) is 5.92 Å². The molecule has 3 rings (SSSR count). The molecule has 1 atom stereocenters. The van der Waals surface area contributed by atoms with E-state index in [9.17, 15) is 4.79 Å². The number of halogens is 1. The molecular weight excluding hydrogens is 344 g/mol. The van der Waals surface area contributed by atoms with E-state index < -0.39 is 0 Å². The van der Waals surface area contributed by atoms with E-state index in [1.54, 1.807) is 0 Å². The molecule has 1 fully saturated rings. The normalized spacial score (nSPS) is 18.3. The summed E-state index contributed by atoms with van der Waals surface area (Å²) in [5.74, 6) is 0.661. The van der Waals surface area contributed by atoms with Gasteiger partial charge in [-0.15, -0.1) is 0 Å². The molecule has 0 aliphatic carbocycles. The highest BCUT2D eigenvalue weighted by molar-refractivity contribution is 6.30. The van der Waals surface area contributed by atoms with E-state index in [0.717, 1.165) is 36.8 Å². The third-order valence-electron chi connectivity index (χ3n) is 5.09. The van der Waals surface area contributed by atoms with Gasteiger partial charge < -0.3 is 4.90 Å². The van der Waals surface area contributed by atoms with E-state index >= 15 is 0 Å². The highest BCUT2D eigenvalue weighted by Gasteiger charge is 2.32. The largest absolute Gasteiger partial charge is 0.337 e. The molecule has 138 valence electrons. The molecule has 2 aromatic carbocycles. The number of carbonyl (C=O) groups is 1. The summed E-state index contributed by atoms with van der Waals surface area (Å²) in [6.07, 6.45) is 0.484. The average molecular weight is 371 g/mol. The molecule has 2 aromatic rings. The molecule has 0 bridgehead atoms. The smallest absolute Gasteiger partial charge is 0.227 e. The summed E-state index contributed by atoms with van der Waals surface area (Å²) in [6, 6.07) is 18.3. The van der Waals surface area contributed by atoms with Gasteiger partial charge in [-0.05, 0) is 29.2 Å². The number of hydrogen-bond donors (Lipinski definition) is 0. The third-order valence-corrected chi connectivity index (χ3v) is 5.32. The summed E-state index contributed by atoms with van der Waals surface area (Å²) in [7, 11) is 0. The van der Waals surface area contributed by atoms with Crippen LogP contribution in [-0.4, -0.2) is 41.4 Å². The van der Waals surface area contributed by atoms with E-state index in [1.807, 2.05) is 48.5 Å². The second-order valence-corrected chi connectivity index (χ2v) is 7.86. The van der Waals surface area contributed by atoms with Crippen LogP contribution < -0.4 is 0 Å². The Morgan fingerprint density at radius 1 is 1.08 bits per heavy atom. The van der Waals surface area contributed by atoms with Crippen molar-refractivity contribution >= 4 is 17.5 Å². The van der Waals surface area contributed by atoms with Crippen molar-refractivity contribution in [3.63, 3.8) is 0 Å². The standard InChI is InChI=1S/C22H27ClN2O/c1-17(2)21-16-24(15-19-9-6-10-20(23)13-19)11-12-25(21)22(26)14-18-7-4-3-5-8-18/h3-10,13,17,21H,11-12,14-16H2,1-2H3/t21-/m1/s1. The van der Waals surface area contributed by atoms with Gasteiger partial charge >= 0.3 is 0 Å². The van der Waals surface area contributed by atoms with Crippen molar-refractivity contribution < 1.29 is 4.79 Å². The van der Waals surface area contributed by atoms with Gasteiger partial charge in [0.15, 0.2) is 0 Å². The van der Waals surface area contributed by atoms with Gasteiger partial charge in [-0.2, -0.15) is 0 Å². The number of nitrogens with zero attached hydrogens (tertiary/aromatic N) is 2. The van der Waals surface area contributed by atoms with Gasteiger partial charge in [-0.25, -0.2) is 0 Å². The van der Waals surface area contributed by atoms with Crippen LogP contribution in [0.25, 0.3) is 0 Å². The Balaban J connectivity index is 1.65. The second kappa shape index (κ2) is 8.70. The molecular formula is C22H27ClN2O. The molecule has 1 amide bonds. The molecule has 0 spiro atoms. The zero-order valence-corrected chi connectivity index (χ0v) is 16.3. The monoisotopic (exact) mass is 370 g/mol. The summed E-state index contributed by atoms with van der Waals surface area (Å²) in [6.45, 7) is 7.88. The van der Waals surface area contributed by atoms with Crippen LogP contribution in [0.1, 0.15) is 25.0 Å². The molecule has 1 saturated heterocycles. The van der Waals surface area contributed by atoms with E-state index in [1.165, 1.54) is 5.56 Å². The summed E-state index contributed by atoms with van der Waals surface area (Å²) in [4.78, 5) is 17.4. The number of hydrogen-bond acceptors (Lipinski definition) is 2. The first-order chi connectivity index (χ1) is 12.5. The van der Waals surface area contributed by atoms with E-state index in [2.05, 4.69) is 29.7 Å². The van der Waals surface area contributed by atoms with E-state index in [0.29, 0.717) is 12.3 Å². The van der Waals surface area contributed by atoms with E-state index in [4.69, 9.17) is 11.6 Å². The zero-order chi connectivity index (χ0) is 18.5. The van der Waals surface area contributed by atoms with Gasteiger partial charge in [0, 0.05) is 37.2 Å². The first-order valence-corrected chi connectivity index (χ1v) is 9.71. The maximum Gasteiger partial charge on any atom is 0.227 e. The lowest BCUT2D eigenvalue weighted by Crippen LogP contribution is -2.57. The fourth-order valence-electron chi connectivity index (χ4n) is 3.66. The predicted octanol–water partition coefficient (Wildman–Crippen LogP) is 4.25. The topological polar surface area (TPSA) is 23.6 Å². The molecule has 0 N–H and O–H groups in total. The lowest BCUT2D eigenvalue weighted by atomic mass is 9.98. The van der Waals surface area contributed by atoms with Gasteiger partial charge in [0.1, 0.15) is 0 Å². The lowest BCUT2D eigenvalue weighted by molar-refractivity contribution is -0.136. The zero-order valence-electron chi connectivity index (χ0n) is 15.6. The molecule has 3 nitrogen and oxygen atoms in total. The Bertz CT molecular complexity index is 732. The van der Waals surface area contributed by atoms with Crippen molar-refractivity contribution in [2.75, 3.05) is 19.6 Å². The van der Waals surface area contributed by atoms with Crippen LogP contribution in [0.5, 0.6) is 0 Å². The highest BCUT2D eigenvalue weighted by atomic mass is 35.5. The van der Waals surface area contributed by atoms with Gasteiger partial charge in [-0.1, -0.05) is 67.9 Å². The molecule has 0 unspecified atom stereocenters. The molecule has 4 heteroatoms. The van der Waals surface area contributed by atoms with Crippen molar-refractivity contribution in [1.29, 1.82) is 0 Å². The van der Waals surface area contributed by atoms with E-state index in [-0.39, 0.29) is 11.9 Å². The molecule has 26 heavy (non-hydrogen) atoms. The Labute approximate surface area is 161 Å². The first-order valence-electron chi connectivity index (χ1n) is 9.33. The van der Waals surface area contributed by atoms with Crippen LogP contribution in [0.3, 0.4) is 0 Å². The van der Waals surface area contributed by atoms with Crippen LogP contribution >= 0.6 is 11.6 Å². The Kier molecular flexibility index (Phi) is 6.33. The van der Waals surface area contributed by atoms with Crippen LogP contribution in [0.4, 0.5) is 0 Å². The Morgan fingerprint density at radius 3 is 2.50 bits per heavy atom. The van der Waals surface area contributed by atoms with Crippen molar-refractivity contribution in [3.05, 3.63) is 70.7 Å². The maximum atomic E-state index is 12.9. The lowest BCUT2D eigenvalue weighted by Gasteiger charge is -2.43. The molecule has 1 aliphatic heterocycles. The fraction of sp³-hybridized carbons (Fsp3) is 0.409. The fourth-order valence-corrected chi connectivity index (χ4v) is 3.87. The summed E-state index contributed by atoms with van der Waals surface area (Å²) in [5, 5.41) is 0.777. The molecule has 0 radical (unpaired) electrons. The minimum Gasteiger partial charge on any atom is -0.337 e. The number of amides is 1. The predicted molar refractivity (Wildman–Crippen MR) is 107 cm³/mol. The summed E-state index contributed by atoms with van der Waals surface area (Å²) in [5.41, 5.74) is 2.31. The second-order valence-electron chi connectivity index (χ2n) is 7.43. The minimum absolute atomic E-state index is 0.234. The molecule has 1 heterocycles. The SMILES string of the molecule is CC(C)[C@H]1CN(Cc2cccc(Cl)c2)CCN1C(=O)Cc1ccccc1. The van der Waals surface area contributed by atoms with Crippen molar-refractivity contribution in [2.45, 2.75) is 32.9 Å².